The van der Waals surface area contributed by atoms with Gasteiger partial charge in [0.05, 0.1) is 11.0 Å². The summed E-state index contributed by atoms with van der Waals surface area (Å²) >= 11 is 0. The molecular weight excluding hydrogens is 366 g/mol. The van der Waals surface area contributed by atoms with Gasteiger partial charge in [-0.2, -0.15) is 0 Å². The van der Waals surface area contributed by atoms with Crippen molar-refractivity contribution in [1.82, 2.24) is 4.98 Å². The van der Waals surface area contributed by atoms with Crippen molar-refractivity contribution in [3.8, 4) is 11.1 Å². The van der Waals surface area contributed by atoms with Crippen LogP contribution >= 0.6 is 0 Å². The highest BCUT2D eigenvalue weighted by molar-refractivity contribution is 6.20. The molecule has 30 heavy (non-hydrogen) atoms. The number of rotatable bonds is 1. The summed E-state index contributed by atoms with van der Waals surface area (Å²) in [6.07, 6.45) is 0. The molecule has 2 heteroatoms. The lowest BCUT2D eigenvalue weighted by Crippen LogP contribution is -1.81. The number of para-hydroxylation sites is 3. The highest BCUT2D eigenvalue weighted by Crippen LogP contribution is 2.40. The quantitative estimate of drug-likeness (QED) is 0.305. The third-order valence-corrected chi connectivity index (χ3v) is 6.23. The van der Waals surface area contributed by atoms with Crippen LogP contribution in [0.4, 0.5) is 0 Å². The van der Waals surface area contributed by atoms with Crippen molar-refractivity contribution in [2.45, 2.75) is 0 Å². The summed E-state index contributed by atoms with van der Waals surface area (Å²) in [4.78, 5) is 3.74. The first-order valence-corrected chi connectivity index (χ1v) is 10.2. The van der Waals surface area contributed by atoms with Gasteiger partial charge in [0.1, 0.15) is 11.2 Å². The van der Waals surface area contributed by atoms with E-state index in [1.165, 1.54) is 27.1 Å². The van der Waals surface area contributed by atoms with Crippen LogP contribution in [0.3, 0.4) is 0 Å². The lowest BCUT2D eigenvalue weighted by molar-refractivity contribution is 0.670. The molecule has 0 atom stereocenters. The Morgan fingerprint density at radius 2 is 1.17 bits per heavy atom. The number of aromatic nitrogens is 1. The minimum absolute atomic E-state index is 0.926. The summed E-state index contributed by atoms with van der Waals surface area (Å²) in [5.74, 6) is 0. The molecule has 0 spiro atoms. The number of nitrogens with one attached hydrogen (secondary N) is 1. The number of furan rings is 1. The summed E-state index contributed by atoms with van der Waals surface area (Å²) in [5.41, 5.74) is 6.48. The number of aromatic amines is 1. The van der Waals surface area contributed by atoms with Crippen molar-refractivity contribution in [3.05, 3.63) is 97.1 Å². The number of hydrogen-bond acceptors (Lipinski definition) is 1. The highest BCUT2D eigenvalue weighted by atomic mass is 16.3. The van der Waals surface area contributed by atoms with E-state index in [9.17, 15) is 0 Å². The first kappa shape index (κ1) is 15.8. The first-order valence-electron chi connectivity index (χ1n) is 10.2. The smallest absolute Gasteiger partial charge is 0.143 e. The maximum Gasteiger partial charge on any atom is 0.143 e. The largest absolute Gasteiger partial charge is 0.455 e. The maximum absolute atomic E-state index is 6.32. The van der Waals surface area contributed by atoms with Gasteiger partial charge in [-0.1, -0.05) is 91.0 Å². The van der Waals surface area contributed by atoms with Crippen LogP contribution in [0.2, 0.25) is 0 Å². The topological polar surface area (TPSA) is 28.9 Å². The summed E-state index contributed by atoms with van der Waals surface area (Å²) in [6.45, 7) is 0. The van der Waals surface area contributed by atoms with Crippen molar-refractivity contribution < 1.29 is 4.42 Å². The van der Waals surface area contributed by atoms with Crippen molar-refractivity contribution in [2.75, 3.05) is 0 Å². The minimum Gasteiger partial charge on any atom is -0.455 e. The zero-order valence-electron chi connectivity index (χ0n) is 16.1. The fourth-order valence-electron chi connectivity index (χ4n) is 4.85. The lowest BCUT2D eigenvalue weighted by Gasteiger charge is -2.05. The van der Waals surface area contributed by atoms with Crippen LogP contribution in [-0.4, -0.2) is 4.98 Å². The molecule has 1 N–H and O–H groups in total. The van der Waals surface area contributed by atoms with Crippen LogP contribution in [0.25, 0.3) is 65.6 Å². The molecule has 0 saturated heterocycles. The molecule has 2 aromatic heterocycles. The van der Waals surface area contributed by atoms with Gasteiger partial charge < -0.3 is 9.40 Å². The highest BCUT2D eigenvalue weighted by Gasteiger charge is 2.16. The molecule has 0 aliphatic rings. The van der Waals surface area contributed by atoms with Crippen LogP contribution in [0.15, 0.2) is 101 Å². The Labute approximate surface area is 172 Å². The van der Waals surface area contributed by atoms with Crippen molar-refractivity contribution in [1.29, 1.82) is 0 Å². The Kier molecular flexibility index (Phi) is 3.03. The minimum atomic E-state index is 0.926. The summed E-state index contributed by atoms with van der Waals surface area (Å²) in [6, 6.07) is 34.2. The molecule has 140 valence electrons. The number of H-pyrrole nitrogens is 1. The van der Waals surface area contributed by atoms with Gasteiger partial charge in [-0.05, 0) is 11.5 Å². The van der Waals surface area contributed by atoms with Crippen LogP contribution in [0.5, 0.6) is 0 Å². The standard InChI is InChI=1S/C28H17NO/c1-2-8-18-17(7-1)15-16-22-20-10-5-11-21(27(20)29-26(18)22)24-13-6-12-23-19-9-3-4-14-25(19)30-28(23)24/h1-16,29H. The Balaban J connectivity index is 1.62. The number of fused-ring (bicyclic) bond motifs is 8. The molecule has 0 fully saturated rings. The monoisotopic (exact) mass is 383 g/mol. The van der Waals surface area contributed by atoms with Crippen molar-refractivity contribution in [3.63, 3.8) is 0 Å². The van der Waals surface area contributed by atoms with Gasteiger partial charge in [0, 0.05) is 38.1 Å². The maximum atomic E-state index is 6.32. The molecule has 7 rings (SSSR count). The lowest BCUT2D eigenvalue weighted by atomic mass is 9.99. The van der Waals surface area contributed by atoms with Gasteiger partial charge in [0.2, 0.25) is 0 Å². The second kappa shape index (κ2) is 5.74. The van der Waals surface area contributed by atoms with E-state index in [4.69, 9.17) is 4.42 Å². The predicted octanol–water partition coefficient (Wildman–Crippen LogP) is 8.04. The number of benzene rings is 5. The van der Waals surface area contributed by atoms with E-state index in [0.29, 0.717) is 0 Å². The zero-order valence-corrected chi connectivity index (χ0v) is 16.1. The van der Waals surface area contributed by atoms with Gasteiger partial charge in [-0.25, -0.2) is 0 Å². The van der Waals surface area contributed by atoms with Crippen LogP contribution in [0, 0.1) is 0 Å². The fourth-order valence-corrected chi connectivity index (χ4v) is 4.85. The van der Waals surface area contributed by atoms with E-state index in [0.717, 1.165) is 38.6 Å². The van der Waals surface area contributed by atoms with Gasteiger partial charge >= 0.3 is 0 Å². The molecule has 0 radical (unpaired) electrons. The first-order chi connectivity index (χ1) is 14.9. The predicted molar refractivity (Wildman–Crippen MR) is 126 cm³/mol. The SMILES string of the molecule is c1ccc2c(c1)ccc1c3cccc(-c4cccc5c4oc4ccccc45)c3[nH]c21. The van der Waals surface area contributed by atoms with E-state index in [2.05, 4.69) is 89.9 Å². The Morgan fingerprint density at radius 1 is 0.467 bits per heavy atom. The molecule has 0 aliphatic heterocycles. The molecule has 0 aliphatic carbocycles. The average Bonchev–Trinajstić information content (AvgIpc) is 3.37. The van der Waals surface area contributed by atoms with Crippen molar-refractivity contribution >= 4 is 54.5 Å². The van der Waals surface area contributed by atoms with E-state index >= 15 is 0 Å². The normalized spacial score (nSPS) is 12.0. The van der Waals surface area contributed by atoms with Gasteiger partial charge in [0.25, 0.3) is 0 Å². The van der Waals surface area contributed by atoms with Crippen LogP contribution in [-0.2, 0) is 0 Å². The fraction of sp³-hybridized carbons (Fsp3) is 0. The Morgan fingerprint density at radius 3 is 2.10 bits per heavy atom. The number of hydrogen-bond donors (Lipinski definition) is 1. The molecular formula is C28H17NO. The molecule has 2 heterocycles. The van der Waals surface area contributed by atoms with Gasteiger partial charge in [0.15, 0.2) is 0 Å². The molecule has 0 saturated carbocycles. The van der Waals surface area contributed by atoms with Crippen LogP contribution in [0.1, 0.15) is 0 Å². The molecule has 7 aromatic rings. The third-order valence-electron chi connectivity index (χ3n) is 6.23. The Hall–Kier alpha value is -4.04. The van der Waals surface area contributed by atoms with E-state index in [-0.39, 0.29) is 0 Å². The zero-order chi connectivity index (χ0) is 19.7. The van der Waals surface area contributed by atoms with Gasteiger partial charge in [-0.15, -0.1) is 0 Å². The Bertz CT molecular complexity index is 1750. The molecule has 5 aromatic carbocycles. The average molecular weight is 383 g/mol. The summed E-state index contributed by atoms with van der Waals surface area (Å²) in [7, 11) is 0. The molecule has 0 amide bonds. The van der Waals surface area contributed by atoms with Crippen LogP contribution < -0.4 is 0 Å². The van der Waals surface area contributed by atoms with E-state index < -0.39 is 0 Å². The molecule has 0 bridgehead atoms. The van der Waals surface area contributed by atoms with Crippen molar-refractivity contribution in [2.24, 2.45) is 0 Å². The summed E-state index contributed by atoms with van der Waals surface area (Å²) < 4.78 is 6.32. The molecule has 2 nitrogen and oxygen atoms in total. The van der Waals surface area contributed by atoms with E-state index in [1.54, 1.807) is 0 Å². The second-order valence-corrected chi connectivity index (χ2v) is 7.84. The molecule has 0 unspecified atom stereocenters. The third kappa shape index (κ3) is 2.03. The van der Waals surface area contributed by atoms with E-state index in [1.807, 2.05) is 12.1 Å². The second-order valence-electron chi connectivity index (χ2n) is 7.84. The summed E-state index contributed by atoms with van der Waals surface area (Å²) in [5, 5.41) is 7.30. The van der Waals surface area contributed by atoms with Gasteiger partial charge in [-0.3, -0.25) is 0 Å².